The van der Waals surface area contributed by atoms with Crippen LogP contribution in [0.4, 0.5) is 0 Å². The minimum absolute atomic E-state index is 0.185. The van der Waals surface area contributed by atoms with Gasteiger partial charge < -0.3 is 15.2 Å². The molecular formula is C15H13Cl2NO3. The van der Waals surface area contributed by atoms with Crippen molar-refractivity contribution in [1.29, 1.82) is 0 Å². The van der Waals surface area contributed by atoms with Crippen molar-refractivity contribution < 1.29 is 14.3 Å². The highest BCUT2D eigenvalue weighted by Gasteiger charge is 2.11. The number of methoxy groups -OCH3 is 1. The first-order chi connectivity index (χ1) is 10.0. The molecule has 1 amide bonds. The van der Waals surface area contributed by atoms with Crippen LogP contribution in [0.3, 0.4) is 0 Å². The number of hydrogen-bond donors (Lipinski definition) is 1. The van der Waals surface area contributed by atoms with E-state index in [2.05, 4.69) is 0 Å². The van der Waals surface area contributed by atoms with Gasteiger partial charge in [-0.3, -0.25) is 4.79 Å². The van der Waals surface area contributed by atoms with Gasteiger partial charge in [-0.15, -0.1) is 0 Å². The van der Waals surface area contributed by atoms with E-state index in [1.54, 1.807) is 30.3 Å². The lowest BCUT2D eigenvalue weighted by atomic mass is 10.2. The number of carbonyl (C=O) groups is 1. The van der Waals surface area contributed by atoms with Crippen molar-refractivity contribution in [1.82, 2.24) is 0 Å². The summed E-state index contributed by atoms with van der Waals surface area (Å²) in [6.07, 6.45) is 0. The zero-order valence-corrected chi connectivity index (χ0v) is 12.7. The number of ether oxygens (including phenoxy) is 2. The highest BCUT2D eigenvalue weighted by atomic mass is 35.5. The summed E-state index contributed by atoms with van der Waals surface area (Å²) in [5.74, 6) is 0.349. The fourth-order valence-corrected chi connectivity index (χ4v) is 2.27. The van der Waals surface area contributed by atoms with Crippen molar-refractivity contribution >= 4 is 29.1 Å². The van der Waals surface area contributed by atoms with Crippen molar-refractivity contribution in [2.24, 2.45) is 5.73 Å². The van der Waals surface area contributed by atoms with Crippen molar-refractivity contribution in [3.8, 4) is 11.5 Å². The number of amides is 1. The zero-order valence-electron chi connectivity index (χ0n) is 11.2. The highest BCUT2D eigenvalue weighted by Crippen LogP contribution is 2.31. The van der Waals surface area contributed by atoms with E-state index < -0.39 is 5.91 Å². The van der Waals surface area contributed by atoms with E-state index in [1.807, 2.05) is 0 Å². The smallest absolute Gasteiger partial charge is 0.248 e. The molecule has 0 aromatic heterocycles. The summed E-state index contributed by atoms with van der Waals surface area (Å²) < 4.78 is 10.9. The van der Waals surface area contributed by atoms with Gasteiger partial charge in [-0.2, -0.15) is 0 Å². The van der Waals surface area contributed by atoms with Crippen molar-refractivity contribution in [2.45, 2.75) is 6.61 Å². The highest BCUT2D eigenvalue weighted by molar-refractivity contribution is 6.35. The molecule has 0 atom stereocenters. The lowest BCUT2D eigenvalue weighted by Crippen LogP contribution is -2.11. The monoisotopic (exact) mass is 325 g/mol. The summed E-state index contributed by atoms with van der Waals surface area (Å²) in [4.78, 5) is 11.1. The van der Waals surface area contributed by atoms with Crippen LogP contribution in [-0.2, 0) is 6.61 Å². The minimum Gasteiger partial charge on any atom is -0.493 e. The largest absolute Gasteiger partial charge is 0.493 e. The third kappa shape index (κ3) is 3.60. The second kappa shape index (κ2) is 6.70. The number of benzene rings is 2. The average Bonchev–Trinajstić information content (AvgIpc) is 2.46. The SMILES string of the molecule is COc1cc(C(N)=O)ccc1OCc1c(Cl)cccc1Cl. The van der Waals surface area contributed by atoms with Crippen molar-refractivity contribution in [2.75, 3.05) is 7.11 Å². The summed E-state index contributed by atoms with van der Waals surface area (Å²) in [7, 11) is 1.48. The van der Waals surface area contributed by atoms with Crippen LogP contribution in [0.1, 0.15) is 15.9 Å². The third-order valence-corrected chi connectivity index (χ3v) is 3.59. The lowest BCUT2D eigenvalue weighted by Gasteiger charge is -2.13. The maximum atomic E-state index is 11.1. The van der Waals surface area contributed by atoms with Crippen LogP contribution >= 0.6 is 23.2 Å². The van der Waals surface area contributed by atoms with Crippen LogP contribution < -0.4 is 15.2 Å². The predicted octanol–water partition coefficient (Wildman–Crippen LogP) is 3.68. The van der Waals surface area contributed by atoms with Crippen LogP contribution in [0.2, 0.25) is 10.0 Å². The van der Waals surface area contributed by atoms with Gasteiger partial charge in [0.15, 0.2) is 11.5 Å². The number of nitrogens with two attached hydrogens (primary N) is 1. The fraction of sp³-hybridized carbons (Fsp3) is 0.133. The molecule has 0 fully saturated rings. The van der Waals surface area contributed by atoms with E-state index in [1.165, 1.54) is 13.2 Å². The second-order valence-electron chi connectivity index (χ2n) is 4.22. The van der Waals surface area contributed by atoms with Crippen LogP contribution in [0.15, 0.2) is 36.4 Å². The maximum Gasteiger partial charge on any atom is 0.248 e. The number of hydrogen-bond acceptors (Lipinski definition) is 3. The molecule has 0 aliphatic heterocycles. The molecule has 0 saturated heterocycles. The van der Waals surface area contributed by atoms with Crippen molar-refractivity contribution in [3.05, 3.63) is 57.6 Å². The molecule has 4 nitrogen and oxygen atoms in total. The Balaban J connectivity index is 2.22. The normalized spacial score (nSPS) is 10.2. The summed E-state index contributed by atoms with van der Waals surface area (Å²) in [6, 6.07) is 9.93. The second-order valence-corrected chi connectivity index (χ2v) is 5.03. The molecule has 110 valence electrons. The molecule has 0 spiro atoms. The molecular weight excluding hydrogens is 313 g/mol. The third-order valence-electron chi connectivity index (χ3n) is 2.88. The lowest BCUT2D eigenvalue weighted by molar-refractivity contribution is 0.1000. The van der Waals surface area contributed by atoms with Gasteiger partial charge >= 0.3 is 0 Å². The van der Waals surface area contributed by atoms with Gasteiger partial charge in [0, 0.05) is 21.2 Å². The first-order valence-electron chi connectivity index (χ1n) is 6.06. The van der Waals surface area contributed by atoms with Crippen LogP contribution in [0.5, 0.6) is 11.5 Å². The van der Waals surface area contributed by atoms with Gasteiger partial charge in [0.05, 0.1) is 7.11 Å². The van der Waals surface area contributed by atoms with Crippen LogP contribution in [0, 0.1) is 0 Å². The Morgan fingerprint density at radius 3 is 2.38 bits per heavy atom. The minimum atomic E-state index is -0.533. The first kappa shape index (κ1) is 15.5. The number of halogens is 2. The molecule has 0 saturated carbocycles. The summed E-state index contributed by atoms with van der Waals surface area (Å²) >= 11 is 12.2. The summed E-state index contributed by atoms with van der Waals surface area (Å²) in [5, 5.41) is 1.05. The molecule has 0 aliphatic carbocycles. The van der Waals surface area contributed by atoms with Gasteiger partial charge in [0.25, 0.3) is 0 Å². The zero-order chi connectivity index (χ0) is 15.4. The van der Waals surface area contributed by atoms with Gasteiger partial charge in [-0.05, 0) is 30.3 Å². The Kier molecular flexibility index (Phi) is 4.94. The molecule has 0 unspecified atom stereocenters. The Morgan fingerprint density at radius 2 is 1.81 bits per heavy atom. The molecule has 2 aromatic rings. The fourth-order valence-electron chi connectivity index (χ4n) is 1.76. The Labute approximate surface area is 132 Å². The number of primary amides is 1. The van der Waals surface area contributed by atoms with E-state index >= 15 is 0 Å². The predicted molar refractivity (Wildman–Crippen MR) is 82.3 cm³/mol. The molecule has 2 rings (SSSR count). The molecule has 0 radical (unpaired) electrons. The van der Waals surface area contributed by atoms with Gasteiger partial charge in [-0.1, -0.05) is 29.3 Å². The molecule has 0 bridgehead atoms. The maximum absolute atomic E-state index is 11.1. The summed E-state index contributed by atoms with van der Waals surface area (Å²) in [5.41, 5.74) is 6.25. The van der Waals surface area contributed by atoms with Gasteiger partial charge in [0.1, 0.15) is 6.61 Å². The quantitative estimate of drug-likeness (QED) is 0.912. The standard InChI is InChI=1S/C15H13Cl2NO3/c1-20-14-7-9(15(18)19)5-6-13(14)21-8-10-11(16)3-2-4-12(10)17/h2-7H,8H2,1H3,(H2,18,19). The van der Waals surface area contributed by atoms with E-state index in [0.717, 1.165) is 0 Å². The number of rotatable bonds is 5. The molecule has 2 aromatic carbocycles. The van der Waals surface area contributed by atoms with Gasteiger partial charge in [-0.25, -0.2) is 0 Å². The first-order valence-corrected chi connectivity index (χ1v) is 6.82. The topological polar surface area (TPSA) is 61.5 Å². The van der Waals surface area contributed by atoms with E-state index in [-0.39, 0.29) is 6.61 Å². The van der Waals surface area contributed by atoms with E-state index in [0.29, 0.717) is 32.7 Å². The van der Waals surface area contributed by atoms with Gasteiger partial charge in [0.2, 0.25) is 5.91 Å². The Hall–Kier alpha value is -1.91. The summed E-state index contributed by atoms with van der Waals surface area (Å²) in [6.45, 7) is 0.185. The molecule has 0 heterocycles. The van der Waals surface area contributed by atoms with E-state index in [4.69, 9.17) is 38.4 Å². The van der Waals surface area contributed by atoms with Crippen molar-refractivity contribution in [3.63, 3.8) is 0 Å². The average molecular weight is 326 g/mol. The molecule has 0 aliphatic rings. The molecule has 21 heavy (non-hydrogen) atoms. The van der Waals surface area contributed by atoms with Crippen LogP contribution in [-0.4, -0.2) is 13.0 Å². The van der Waals surface area contributed by atoms with Crippen LogP contribution in [0.25, 0.3) is 0 Å². The Morgan fingerprint density at radius 1 is 1.14 bits per heavy atom. The van der Waals surface area contributed by atoms with E-state index in [9.17, 15) is 4.79 Å². The molecule has 2 N–H and O–H groups in total. The number of carbonyl (C=O) groups excluding carboxylic acids is 1. The Bertz CT molecular complexity index is 654. The molecule has 6 heteroatoms.